The van der Waals surface area contributed by atoms with Crippen LogP contribution in [-0.2, 0) is 14.3 Å². The lowest BCUT2D eigenvalue weighted by atomic mass is 10.1. The van der Waals surface area contributed by atoms with Gasteiger partial charge in [-0.2, -0.15) is 0 Å². The quantitative estimate of drug-likeness (QED) is 0.232. The van der Waals surface area contributed by atoms with Crippen molar-refractivity contribution < 1.29 is 33.5 Å². The minimum absolute atomic E-state index is 0.108. The fourth-order valence-electron chi connectivity index (χ4n) is 1.65. The van der Waals surface area contributed by atoms with Crippen LogP contribution >= 0.6 is 0 Å². The molecule has 0 aromatic heterocycles. The van der Waals surface area contributed by atoms with E-state index in [0.29, 0.717) is 0 Å². The minimum Gasteiger partial charge on any atom is -0.493 e. The number of benzene rings is 1. The Balaban J connectivity index is 2.87. The van der Waals surface area contributed by atoms with Crippen LogP contribution in [-0.4, -0.2) is 44.3 Å². The number of ether oxygens (including phenoxy) is 4. The summed E-state index contributed by atoms with van der Waals surface area (Å²) >= 11 is 0. The molecule has 0 unspecified atom stereocenters. The summed E-state index contributed by atoms with van der Waals surface area (Å²) in [5.74, 6) is -1.32. The molecule has 0 aliphatic carbocycles. The zero-order valence-corrected chi connectivity index (χ0v) is 13.5. The molecule has 0 spiro atoms. The summed E-state index contributed by atoms with van der Waals surface area (Å²) < 4.78 is 19.6. The number of nitrogens with zero attached hydrogens (tertiary/aromatic N) is 1. The van der Waals surface area contributed by atoms with Crippen LogP contribution in [0.15, 0.2) is 24.3 Å². The summed E-state index contributed by atoms with van der Waals surface area (Å²) in [7, 11) is 2.64. The summed E-state index contributed by atoms with van der Waals surface area (Å²) in [6, 6.07) is 2.22. The second-order valence-electron chi connectivity index (χ2n) is 4.53. The van der Waals surface area contributed by atoms with Gasteiger partial charge in [0.05, 0.1) is 25.2 Å². The summed E-state index contributed by atoms with van der Waals surface area (Å²) in [5, 5.41) is 11.1. The zero-order chi connectivity index (χ0) is 18.3. The number of methoxy groups -OCH3 is 2. The first kappa shape index (κ1) is 18.9. The summed E-state index contributed by atoms with van der Waals surface area (Å²) in [6.07, 6.45) is 0. The normalized spacial score (nSPS) is 9.79. The van der Waals surface area contributed by atoms with Crippen molar-refractivity contribution in [1.29, 1.82) is 0 Å². The number of carbonyl (C=O) groups excluding carboxylic acids is 2. The Hall–Kier alpha value is -3.10. The van der Waals surface area contributed by atoms with Crippen molar-refractivity contribution in [2.75, 3.05) is 27.4 Å². The largest absolute Gasteiger partial charge is 0.493 e. The van der Waals surface area contributed by atoms with Crippen molar-refractivity contribution in [1.82, 2.24) is 0 Å². The van der Waals surface area contributed by atoms with Gasteiger partial charge in [-0.1, -0.05) is 6.58 Å². The van der Waals surface area contributed by atoms with Crippen molar-refractivity contribution in [3.63, 3.8) is 0 Å². The Labute approximate surface area is 137 Å². The highest BCUT2D eigenvalue weighted by atomic mass is 16.6. The van der Waals surface area contributed by atoms with E-state index in [2.05, 4.69) is 6.58 Å². The molecule has 130 valence electrons. The third-order valence-corrected chi connectivity index (χ3v) is 2.82. The number of rotatable bonds is 8. The van der Waals surface area contributed by atoms with Crippen LogP contribution in [0.4, 0.5) is 5.69 Å². The highest BCUT2D eigenvalue weighted by Crippen LogP contribution is 2.34. The molecule has 0 aliphatic heterocycles. The van der Waals surface area contributed by atoms with Gasteiger partial charge in [-0.15, -0.1) is 0 Å². The highest BCUT2D eigenvalue weighted by Gasteiger charge is 2.25. The molecule has 0 saturated heterocycles. The smallest absolute Gasteiger partial charge is 0.345 e. The van der Waals surface area contributed by atoms with Gasteiger partial charge in [0.15, 0.2) is 11.5 Å². The van der Waals surface area contributed by atoms with E-state index >= 15 is 0 Å². The Morgan fingerprint density at radius 2 is 1.67 bits per heavy atom. The molecular formula is C15H17NO8. The monoisotopic (exact) mass is 339 g/mol. The molecule has 0 atom stereocenters. The van der Waals surface area contributed by atoms with Gasteiger partial charge in [0.1, 0.15) is 18.8 Å². The standard InChI is InChI=1S/C15H17NO8/c1-9(2)14(17)23-5-6-24-15(18)10-7-12(21-3)13(22-4)8-11(10)16(19)20/h7-8H,1,5-6H2,2-4H3. The number of hydrogen-bond acceptors (Lipinski definition) is 8. The van der Waals surface area contributed by atoms with E-state index < -0.39 is 22.5 Å². The molecule has 9 nitrogen and oxygen atoms in total. The van der Waals surface area contributed by atoms with E-state index in [0.717, 1.165) is 12.1 Å². The van der Waals surface area contributed by atoms with Crippen molar-refractivity contribution in [3.8, 4) is 11.5 Å². The lowest BCUT2D eigenvalue weighted by Gasteiger charge is -2.10. The maximum absolute atomic E-state index is 12.0. The molecule has 1 rings (SSSR count). The van der Waals surface area contributed by atoms with Gasteiger partial charge < -0.3 is 18.9 Å². The van der Waals surface area contributed by atoms with Crippen LogP contribution in [0.3, 0.4) is 0 Å². The summed E-state index contributed by atoms with van der Waals surface area (Å²) in [6.45, 7) is 4.42. The van der Waals surface area contributed by atoms with Crippen molar-refractivity contribution in [2.24, 2.45) is 0 Å². The van der Waals surface area contributed by atoms with E-state index in [1.165, 1.54) is 21.1 Å². The molecular weight excluding hydrogens is 322 g/mol. The Morgan fingerprint density at radius 3 is 2.17 bits per heavy atom. The maximum atomic E-state index is 12.0. The van der Waals surface area contributed by atoms with Gasteiger partial charge in [0, 0.05) is 11.6 Å². The molecule has 0 bridgehead atoms. The second-order valence-corrected chi connectivity index (χ2v) is 4.53. The molecule has 1 aromatic carbocycles. The van der Waals surface area contributed by atoms with Gasteiger partial charge in [-0.05, 0) is 6.92 Å². The number of nitro benzene ring substituents is 1. The lowest BCUT2D eigenvalue weighted by Crippen LogP contribution is -2.15. The first-order valence-corrected chi connectivity index (χ1v) is 6.72. The molecule has 0 amide bonds. The number of nitro groups is 1. The van der Waals surface area contributed by atoms with E-state index in [1.807, 2.05) is 0 Å². The number of carbonyl (C=O) groups is 2. The molecule has 0 heterocycles. The predicted molar refractivity (Wildman–Crippen MR) is 82.3 cm³/mol. The Morgan fingerprint density at radius 1 is 1.12 bits per heavy atom. The van der Waals surface area contributed by atoms with Crippen LogP contribution in [0.2, 0.25) is 0 Å². The lowest BCUT2D eigenvalue weighted by molar-refractivity contribution is -0.385. The number of hydrogen-bond donors (Lipinski definition) is 0. The molecule has 24 heavy (non-hydrogen) atoms. The zero-order valence-electron chi connectivity index (χ0n) is 13.5. The first-order chi connectivity index (χ1) is 11.3. The summed E-state index contributed by atoms with van der Waals surface area (Å²) in [4.78, 5) is 33.6. The van der Waals surface area contributed by atoms with Gasteiger partial charge in [0.2, 0.25) is 0 Å². The molecule has 0 aliphatic rings. The molecule has 0 fully saturated rings. The third kappa shape index (κ3) is 4.70. The van der Waals surface area contributed by atoms with Crippen LogP contribution in [0.5, 0.6) is 11.5 Å². The minimum atomic E-state index is -0.950. The maximum Gasteiger partial charge on any atom is 0.345 e. The van der Waals surface area contributed by atoms with Crippen LogP contribution in [0.1, 0.15) is 17.3 Å². The predicted octanol–water partition coefficient (Wildman–Crippen LogP) is 1.89. The fourth-order valence-corrected chi connectivity index (χ4v) is 1.65. The Kier molecular flexibility index (Phi) is 6.72. The highest BCUT2D eigenvalue weighted by molar-refractivity contribution is 5.95. The van der Waals surface area contributed by atoms with Crippen molar-refractivity contribution >= 4 is 17.6 Å². The fraction of sp³-hybridized carbons (Fsp3) is 0.333. The SMILES string of the molecule is C=C(C)C(=O)OCCOC(=O)c1cc(OC)c(OC)cc1[N+](=O)[O-]. The first-order valence-electron chi connectivity index (χ1n) is 6.72. The van der Waals surface area contributed by atoms with Crippen molar-refractivity contribution in [3.05, 3.63) is 40.0 Å². The van der Waals surface area contributed by atoms with Crippen LogP contribution in [0.25, 0.3) is 0 Å². The molecule has 1 aromatic rings. The molecule has 9 heteroatoms. The van der Waals surface area contributed by atoms with E-state index in [-0.39, 0.29) is 35.8 Å². The third-order valence-electron chi connectivity index (χ3n) is 2.82. The average molecular weight is 339 g/mol. The van der Waals surface area contributed by atoms with Crippen LogP contribution in [0, 0.1) is 10.1 Å². The topological polar surface area (TPSA) is 114 Å². The van der Waals surface area contributed by atoms with Crippen LogP contribution < -0.4 is 9.47 Å². The van der Waals surface area contributed by atoms with Gasteiger partial charge in [-0.25, -0.2) is 9.59 Å². The van der Waals surface area contributed by atoms with Crippen molar-refractivity contribution in [2.45, 2.75) is 6.92 Å². The molecule has 0 radical (unpaired) electrons. The van der Waals surface area contributed by atoms with E-state index in [1.54, 1.807) is 0 Å². The average Bonchev–Trinajstić information content (AvgIpc) is 2.56. The molecule has 0 saturated carbocycles. The van der Waals surface area contributed by atoms with Gasteiger partial charge in [-0.3, -0.25) is 10.1 Å². The second kappa shape index (κ2) is 8.51. The van der Waals surface area contributed by atoms with Gasteiger partial charge in [0.25, 0.3) is 5.69 Å². The summed E-state index contributed by atoms with van der Waals surface area (Å²) in [5.41, 5.74) is -0.586. The van der Waals surface area contributed by atoms with Gasteiger partial charge >= 0.3 is 11.9 Å². The van der Waals surface area contributed by atoms with E-state index in [9.17, 15) is 19.7 Å². The van der Waals surface area contributed by atoms with E-state index in [4.69, 9.17) is 18.9 Å². The Bertz CT molecular complexity index is 668. The number of esters is 2. The molecule has 0 N–H and O–H groups in total.